The lowest BCUT2D eigenvalue weighted by atomic mass is 9.89. The summed E-state index contributed by atoms with van der Waals surface area (Å²) >= 11 is 0. The Hall–Kier alpha value is -1.10. The van der Waals surface area contributed by atoms with Gasteiger partial charge in [-0.15, -0.1) is 0 Å². The van der Waals surface area contributed by atoms with Gasteiger partial charge in [0.2, 0.25) is 11.8 Å². The molecule has 1 saturated carbocycles. The molecule has 1 aliphatic carbocycles. The molecule has 2 rings (SSSR count). The summed E-state index contributed by atoms with van der Waals surface area (Å²) in [6.45, 7) is 5.04. The van der Waals surface area contributed by atoms with E-state index in [0.717, 1.165) is 45.3 Å². The lowest BCUT2D eigenvalue weighted by Gasteiger charge is -2.34. The Bertz CT molecular complexity index is 340. The van der Waals surface area contributed by atoms with Crippen LogP contribution in [0.2, 0.25) is 0 Å². The quantitative estimate of drug-likeness (QED) is 0.804. The van der Waals surface area contributed by atoms with E-state index in [1.807, 2.05) is 4.90 Å². The van der Waals surface area contributed by atoms with E-state index in [9.17, 15) is 9.59 Å². The Morgan fingerprint density at radius 2 is 2.00 bits per heavy atom. The van der Waals surface area contributed by atoms with Crippen molar-refractivity contribution in [3.63, 3.8) is 0 Å². The van der Waals surface area contributed by atoms with Crippen LogP contribution in [0.1, 0.15) is 45.4 Å². The van der Waals surface area contributed by atoms with Crippen LogP contribution in [0.15, 0.2) is 0 Å². The SMILES string of the molecule is C[C@H]1CNCCN1C(=O)CCNC(=O)C1CCCCC1. The van der Waals surface area contributed by atoms with Gasteiger partial charge in [-0.25, -0.2) is 0 Å². The fourth-order valence-electron chi connectivity index (χ4n) is 3.16. The van der Waals surface area contributed by atoms with Gasteiger partial charge < -0.3 is 15.5 Å². The molecule has 1 atom stereocenters. The highest BCUT2D eigenvalue weighted by atomic mass is 16.2. The molecule has 1 saturated heterocycles. The summed E-state index contributed by atoms with van der Waals surface area (Å²) in [6, 6.07) is 0.255. The third-order valence-electron chi connectivity index (χ3n) is 4.44. The largest absolute Gasteiger partial charge is 0.355 e. The minimum absolute atomic E-state index is 0.144. The van der Waals surface area contributed by atoms with Gasteiger partial charge in [-0.05, 0) is 19.8 Å². The molecule has 0 aromatic rings. The fourth-order valence-corrected chi connectivity index (χ4v) is 3.16. The van der Waals surface area contributed by atoms with Crippen molar-refractivity contribution in [3.05, 3.63) is 0 Å². The highest BCUT2D eigenvalue weighted by Gasteiger charge is 2.24. The molecular weight excluding hydrogens is 254 g/mol. The van der Waals surface area contributed by atoms with Crippen LogP contribution >= 0.6 is 0 Å². The van der Waals surface area contributed by atoms with Crippen LogP contribution in [0.5, 0.6) is 0 Å². The van der Waals surface area contributed by atoms with Crippen LogP contribution in [0.3, 0.4) is 0 Å². The topological polar surface area (TPSA) is 61.4 Å². The van der Waals surface area contributed by atoms with E-state index >= 15 is 0 Å². The monoisotopic (exact) mass is 281 g/mol. The molecule has 2 amide bonds. The Morgan fingerprint density at radius 3 is 2.70 bits per heavy atom. The molecule has 20 heavy (non-hydrogen) atoms. The van der Waals surface area contributed by atoms with Crippen LogP contribution in [-0.2, 0) is 9.59 Å². The molecule has 5 nitrogen and oxygen atoms in total. The lowest BCUT2D eigenvalue weighted by Crippen LogP contribution is -2.52. The summed E-state index contributed by atoms with van der Waals surface area (Å²) in [6.07, 6.45) is 6.01. The third-order valence-corrected chi connectivity index (χ3v) is 4.44. The van der Waals surface area contributed by atoms with Crippen LogP contribution in [-0.4, -0.2) is 48.9 Å². The van der Waals surface area contributed by atoms with Crippen LogP contribution in [0.4, 0.5) is 0 Å². The van der Waals surface area contributed by atoms with Crippen LogP contribution in [0, 0.1) is 5.92 Å². The molecule has 5 heteroatoms. The minimum atomic E-state index is 0.144. The molecule has 2 fully saturated rings. The normalized spacial score (nSPS) is 24.4. The number of carbonyl (C=O) groups is 2. The standard InChI is InChI=1S/C15H27N3O2/c1-12-11-16-9-10-18(12)14(19)7-8-17-15(20)13-5-3-2-4-6-13/h12-13,16H,2-11H2,1H3,(H,17,20)/t12-/m0/s1. The Labute approximate surface area is 121 Å². The fraction of sp³-hybridized carbons (Fsp3) is 0.867. The molecule has 114 valence electrons. The summed E-state index contributed by atoms with van der Waals surface area (Å²) in [5.74, 6) is 0.478. The summed E-state index contributed by atoms with van der Waals surface area (Å²) in [4.78, 5) is 26.0. The van der Waals surface area contributed by atoms with Crippen molar-refractivity contribution in [3.8, 4) is 0 Å². The summed E-state index contributed by atoms with van der Waals surface area (Å²) in [5.41, 5.74) is 0. The number of nitrogens with one attached hydrogen (secondary N) is 2. The summed E-state index contributed by atoms with van der Waals surface area (Å²) < 4.78 is 0. The van der Waals surface area contributed by atoms with E-state index in [1.165, 1.54) is 6.42 Å². The second-order valence-corrected chi connectivity index (χ2v) is 6.02. The second kappa shape index (κ2) is 7.62. The molecule has 0 spiro atoms. The molecule has 0 aromatic heterocycles. The van der Waals surface area contributed by atoms with Gasteiger partial charge in [-0.2, -0.15) is 0 Å². The van der Waals surface area contributed by atoms with Crippen molar-refractivity contribution < 1.29 is 9.59 Å². The maximum atomic E-state index is 12.1. The molecule has 1 heterocycles. The molecule has 2 N–H and O–H groups in total. The first kappa shape index (κ1) is 15.3. The van der Waals surface area contributed by atoms with E-state index in [1.54, 1.807) is 0 Å². The predicted octanol–water partition coefficient (Wildman–Crippen LogP) is 0.893. The zero-order valence-corrected chi connectivity index (χ0v) is 12.5. The number of carbonyl (C=O) groups excluding carboxylic acids is 2. The van der Waals surface area contributed by atoms with Crippen molar-refractivity contribution in [2.45, 2.75) is 51.5 Å². The van der Waals surface area contributed by atoms with E-state index in [-0.39, 0.29) is 23.8 Å². The maximum absolute atomic E-state index is 12.1. The van der Waals surface area contributed by atoms with E-state index < -0.39 is 0 Å². The zero-order chi connectivity index (χ0) is 14.4. The zero-order valence-electron chi connectivity index (χ0n) is 12.5. The average Bonchev–Trinajstić information content (AvgIpc) is 2.48. The van der Waals surface area contributed by atoms with Gasteiger partial charge in [0.25, 0.3) is 0 Å². The van der Waals surface area contributed by atoms with Gasteiger partial charge in [0.1, 0.15) is 0 Å². The second-order valence-electron chi connectivity index (χ2n) is 6.02. The molecule has 0 bridgehead atoms. The van der Waals surface area contributed by atoms with Crippen molar-refractivity contribution in [1.82, 2.24) is 15.5 Å². The van der Waals surface area contributed by atoms with Crippen molar-refractivity contribution in [2.75, 3.05) is 26.2 Å². The molecule has 0 radical (unpaired) electrons. The first-order chi connectivity index (χ1) is 9.68. The van der Waals surface area contributed by atoms with Gasteiger partial charge >= 0.3 is 0 Å². The molecular formula is C15H27N3O2. The highest BCUT2D eigenvalue weighted by Crippen LogP contribution is 2.23. The van der Waals surface area contributed by atoms with Gasteiger partial charge in [0.05, 0.1) is 0 Å². The first-order valence-corrected chi connectivity index (χ1v) is 7.96. The van der Waals surface area contributed by atoms with E-state index in [0.29, 0.717) is 13.0 Å². The molecule has 0 aromatic carbocycles. The van der Waals surface area contributed by atoms with Gasteiger partial charge in [-0.3, -0.25) is 9.59 Å². The molecule has 0 unspecified atom stereocenters. The Kier molecular flexibility index (Phi) is 5.83. The number of nitrogens with zero attached hydrogens (tertiary/aromatic N) is 1. The lowest BCUT2D eigenvalue weighted by molar-refractivity contribution is -0.134. The summed E-state index contributed by atoms with van der Waals surface area (Å²) in [5, 5.41) is 6.21. The van der Waals surface area contributed by atoms with Crippen molar-refractivity contribution >= 4 is 11.8 Å². The van der Waals surface area contributed by atoms with Crippen LogP contribution in [0.25, 0.3) is 0 Å². The highest BCUT2D eigenvalue weighted by molar-refractivity contribution is 5.80. The maximum Gasteiger partial charge on any atom is 0.224 e. The minimum Gasteiger partial charge on any atom is -0.355 e. The Balaban J connectivity index is 1.66. The van der Waals surface area contributed by atoms with Gasteiger partial charge in [-0.1, -0.05) is 19.3 Å². The van der Waals surface area contributed by atoms with E-state index in [2.05, 4.69) is 17.6 Å². The Morgan fingerprint density at radius 1 is 1.25 bits per heavy atom. The van der Waals surface area contributed by atoms with Gasteiger partial charge in [0.15, 0.2) is 0 Å². The van der Waals surface area contributed by atoms with Crippen LogP contribution < -0.4 is 10.6 Å². The van der Waals surface area contributed by atoms with Crippen molar-refractivity contribution in [2.24, 2.45) is 5.92 Å². The average molecular weight is 281 g/mol. The predicted molar refractivity (Wildman–Crippen MR) is 78.2 cm³/mol. The molecule has 1 aliphatic heterocycles. The third kappa shape index (κ3) is 4.20. The number of amides is 2. The number of piperazine rings is 1. The van der Waals surface area contributed by atoms with Crippen molar-refractivity contribution in [1.29, 1.82) is 0 Å². The van der Waals surface area contributed by atoms with Gasteiger partial charge in [0, 0.05) is 44.6 Å². The smallest absolute Gasteiger partial charge is 0.224 e. The first-order valence-electron chi connectivity index (χ1n) is 7.96. The number of rotatable bonds is 4. The van der Waals surface area contributed by atoms with E-state index in [4.69, 9.17) is 0 Å². The molecule has 2 aliphatic rings. The number of hydrogen-bond donors (Lipinski definition) is 2. The number of hydrogen-bond acceptors (Lipinski definition) is 3. The summed E-state index contributed by atoms with van der Waals surface area (Å²) in [7, 11) is 0.